The molecule has 4 rings (SSSR count). The number of hydrogen-bond acceptors (Lipinski definition) is 7. The van der Waals surface area contributed by atoms with Gasteiger partial charge in [0.15, 0.2) is 6.61 Å². The van der Waals surface area contributed by atoms with Gasteiger partial charge >= 0.3 is 0 Å². The van der Waals surface area contributed by atoms with Crippen LogP contribution >= 0.6 is 22.7 Å². The zero-order valence-corrected chi connectivity index (χ0v) is 17.3. The van der Waals surface area contributed by atoms with E-state index in [2.05, 4.69) is 10.3 Å². The Morgan fingerprint density at radius 1 is 1.27 bits per heavy atom. The molecule has 0 spiro atoms. The molecule has 1 amide bonds. The predicted octanol–water partition coefficient (Wildman–Crippen LogP) is 3.41. The monoisotopic (exact) mass is 436 g/mol. The van der Waals surface area contributed by atoms with Crippen molar-refractivity contribution in [1.29, 1.82) is 5.26 Å². The molecule has 1 N–H and O–H groups in total. The van der Waals surface area contributed by atoms with Gasteiger partial charge in [0, 0.05) is 22.4 Å². The molecule has 3 aromatic heterocycles. The molecular formula is C21H16N4O3S2. The first kappa shape index (κ1) is 19.8. The van der Waals surface area contributed by atoms with Crippen molar-refractivity contribution in [1.82, 2.24) is 14.9 Å². The number of nitrogens with zero attached hydrogens (tertiary/aromatic N) is 3. The average Bonchev–Trinajstić information content (AvgIpc) is 3.43. The van der Waals surface area contributed by atoms with Crippen molar-refractivity contribution in [2.75, 3.05) is 6.61 Å². The first-order valence-corrected chi connectivity index (χ1v) is 10.8. The standard InChI is InChI=1S/C21H16N4O3S2/c22-6-7-28-15-4-1-3-14(9-15)10-23-18(26)11-25-13-24-20-19(21(25)27)16(12-30-20)17-5-2-8-29-17/h1-5,8-9,12-13H,7,10-11H2,(H,23,26). The lowest BCUT2D eigenvalue weighted by molar-refractivity contribution is -0.121. The van der Waals surface area contributed by atoms with Gasteiger partial charge in [-0.1, -0.05) is 18.2 Å². The summed E-state index contributed by atoms with van der Waals surface area (Å²) < 4.78 is 6.59. The molecule has 3 heterocycles. The molecule has 9 heteroatoms. The van der Waals surface area contributed by atoms with E-state index in [1.807, 2.05) is 35.0 Å². The van der Waals surface area contributed by atoms with E-state index in [0.29, 0.717) is 16.0 Å². The van der Waals surface area contributed by atoms with Gasteiger partial charge in [-0.2, -0.15) is 5.26 Å². The van der Waals surface area contributed by atoms with Crippen molar-refractivity contribution in [3.63, 3.8) is 0 Å². The van der Waals surface area contributed by atoms with Crippen LogP contribution in [0.3, 0.4) is 0 Å². The smallest absolute Gasteiger partial charge is 0.263 e. The van der Waals surface area contributed by atoms with Gasteiger partial charge < -0.3 is 10.1 Å². The van der Waals surface area contributed by atoms with Gasteiger partial charge in [0.05, 0.1) is 11.7 Å². The fourth-order valence-electron chi connectivity index (χ4n) is 2.97. The molecule has 1 aromatic carbocycles. The number of aromatic nitrogens is 2. The van der Waals surface area contributed by atoms with Gasteiger partial charge in [0.25, 0.3) is 5.56 Å². The summed E-state index contributed by atoms with van der Waals surface area (Å²) in [5, 5.41) is 15.8. The van der Waals surface area contributed by atoms with Crippen LogP contribution in [0.4, 0.5) is 0 Å². The number of hydrogen-bond donors (Lipinski definition) is 1. The molecule has 0 saturated carbocycles. The third kappa shape index (κ3) is 4.25. The quantitative estimate of drug-likeness (QED) is 0.479. The SMILES string of the molecule is N#CCOc1cccc(CNC(=O)Cn2cnc3scc(-c4cccs4)c3c2=O)c1. The maximum Gasteiger partial charge on any atom is 0.263 e. The molecule has 30 heavy (non-hydrogen) atoms. The van der Waals surface area contributed by atoms with Crippen LogP contribution in [0.5, 0.6) is 5.75 Å². The van der Waals surface area contributed by atoms with Crippen molar-refractivity contribution in [3.05, 3.63) is 69.4 Å². The molecule has 4 aromatic rings. The van der Waals surface area contributed by atoms with Crippen LogP contribution in [0.1, 0.15) is 5.56 Å². The summed E-state index contributed by atoms with van der Waals surface area (Å²) in [5.41, 5.74) is 1.45. The highest BCUT2D eigenvalue weighted by molar-refractivity contribution is 7.18. The Kier molecular flexibility index (Phi) is 5.88. The second kappa shape index (κ2) is 8.90. The molecule has 0 aliphatic carbocycles. The lowest BCUT2D eigenvalue weighted by Gasteiger charge is -2.09. The lowest BCUT2D eigenvalue weighted by Crippen LogP contribution is -2.32. The number of nitriles is 1. The first-order valence-electron chi connectivity index (χ1n) is 9.01. The van der Waals surface area contributed by atoms with Crippen molar-refractivity contribution in [2.45, 2.75) is 13.1 Å². The number of carbonyl (C=O) groups is 1. The van der Waals surface area contributed by atoms with Crippen molar-refractivity contribution < 1.29 is 9.53 Å². The number of nitrogens with one attached hydrogen (secondary N) is 1. The molecule has 7 nitrogen and oxygen atoms in total. The largest absolute Gasteiger partial charge is 0.479 e. The molecule has 0 unspecified atom stereocenters. The van der Waals surface area contributed by atoms with Crippen LogP contribution in [0.25, 0.3) is 20.7 Å². The number of amides is 1. The van der Waals surface area contributed by atoms with E-state index >= 15 is 0 Å². The van der Waals surface area contributed by atoms with Crippen LogP contribution in [-0.2, 0) is 17.9 Å². The minimum Gasteiger partial charge on any atom is -0.479 e. The molecule has 0 aliphatic rings. The second-order valence-electron chi connectivity index (χ2n) is 6.36. The number of thiophene rings is 2. The van der Waals surface area contributed by atoms with E-state index < -0.39 is 0 Å². The Morgan fingerprint density at radius 3 is 2.97 bits per heavy atom. The number of rotatable bonds is 7. The molecule has 0 bridgehead atoms. The van der Waals surface area contributed by atoms with Gasteiger partial charge in [-0.05, 0) is 29.1 Å². The fraction of sp³-hybridized carbons (Fsp3) is 0.143. The van der Waals surface area contributed by atoms with Gasteiger partial charge in [0.2, 0.25) is 5.91 Å². The Morgan fingerprint density at radius 2 is 2.17 bits per heavy atom. The third-order valence-electron chi connectivity index (χ3n) is 4.35. The maximum absolute atomic E-state index is 13.0. The third-order valence-corrected chi connectivity index (χ3v) is 6.14. The Hall–Kier alpha value is -3.48. The summed E-state index contributed by atoms with van der Waals surface area (Å²) >= 11 is 2.98. The minimum atomic E-state index is -0.297. The number of ether oxygens (including phenoxy) is 1. The normalized spacial score (nSPS) is 10.6. The first-order chi connectivity index (χ1) is 14.7. The van der Waals surface area contributed by atoms with E-state index in [4.69, 9.17) is 10.00 Å². The Balaban J connectivity index is 1.47. The second-order valence-corrected chi connectivity index (χ2v) is 8.16. The molecular weight excluding hydrogens is 420 g/mol. The van der Waals surface area contributed by atoms with Crippen LogP contribution in [0, 0.1) is 11.3 Å². The van der Waals surface area contributed by atoms with Crippen LogP contribution in [0.2, 0.25) is 0 Å². The maximum atomic E-state index is 13.0. The van der Waals surface area contributed by atoms with Crippen molar-refractivity contribution in [2.24, 2.45) is 0 Å². The molecule has 0 saturated heterocycles. The van der Waals surface area contributed by atoms with E-state index in [9.17, 15) is 9.59 Å². The number of fused-ring (bicyclic) bond motifs is 1. The highest BCUT2D eigenvalue weighted by Gasteiger charge is 2.15. The fourth-order valence-corrected chi connectivity index (χ4v) is 4.69. The topological polar surface area (TPSA) is 97.0 Å². The highest BCUT2D eigenvalue weighted by Crippen LogP contribution is 2.33. The van der Waals surface area contributed by atoms with Crippen molar-refractivity contribution in [3.8, 4) is 22.3 Å². The number of carbonyl (C=O) groups excluding carboxylic acids is 1. The van der Waals surface area contributed by atoms with Gasteiger partial charge in [-0.15, -0.1) is 22.7 Å². The summed E-state index contributed by atoms with van der Waals surface area (Å²) in [4.78, 5) is 31.4. The molecule has 0 atom stereocenters. The summed E-state index contributed by atoms with van der Waals surface area (Å²) in [7, 11) is 0. The van der Waals surface area contributed by atoms with Crippen LogP contribution in [0.15, 0.2) is 58.3 Å². The van der Waals surface area contributed by atoms with Crippen LogP contribution < -0.4 is 15.6 Å². The summed E-state index contributed by atoms with van der Waals surface area (Å²) in [5.74, 6) is 0.266. The van der Waals surface area contributed by atoms with Gasteiger partial charge in [0.1, 0.15) is 23.2 Å². The molecule has 0 radical (unpaired) electrons. The van der Waals surface area contributed by atoms with Gasteiger partial charge in [-0.3, -0.25) is 14.2 Å². The lowest BCUT2D eigenvalue weighted by atomic mass is 10.2. The highest BCUT2D eigenvalue weighted by atomic mass is 32.1. The summed E-state index contributed by atoms with van der Waals surface area (Å²) in [6.07, 6.45) is 1.41. The molecule has 150 valence electrons. The van der Waals surface area contributed by atoms with E-state index in [0.717, 1.165) is 16.0 Å². The average molecular weight is 437 g/mol. The molecule has 0 fully saturated rings. The predicted molar refractivity (Wildman–Crippen MR) is 117 cm³/mol. The molecule has 0 aliphatic heterocycles. The zero-order chi connectivity index (χ0) is 20.9. The minimum absolute atomic E-state index is 0.0375. The van der Waals surface area contributed by atoms with E-state index in [-0.39, 0.29) is 31.2 Å². The van der Waals surface area contributed by atoms with Crippen LogP contribution in [-0.4, -0.2) is 22.1 Å². The summed E-state index contributed by atoms with van der Waals surface area (Å²) in [6.45, 7) is 0.127. The van der Waals surface area contributed by atoms with E-state index in [1.54, 1.807) is 29.5 Å². The number of benzene rings is 1. The van der Waals surface area contributed by atoms with E-state index in [1.165, 1.54) is 22.2 Å². The Bertz CT molecular complexity index is 1290. The zero-order valence-electron chi connectivity index (χ0n) is 15.7. The Labute approximate surface area is 179 Å². The van der Waals surface area contributed by atoms with Crippen molar-refractivity contribution >= 4 is 38.8 Å². The summed E-state index contributed by atoms with van der Waals surface area (Å²) in [6, 6.07) is 13.0. The van der Waals surface area contributed by atoms with Gasteiger partial charge in [-0.25, -0.2) is 4.98 Å².